The molecule has 0 aliphatic rings. The molecule has 0 aliphatic heterocycles. The van der Waals surface area contributed by atoms with Gasteiger partial charge in [0, 0.05) is 16.7 Å². The minimum atomic E-state index is -0.580. The maximum Gasteiger partial charge on any atom is 0.248 e. The zero-order chi connectivity index (χ0) is 15.9. The Bertz CT molecular complexity index is 701. The molecule has 0 aliphatic carbocycles. The third-order valence-corrected chi connectivity index (χ3v) is 3.06. The van der Waals surface area contributed by atoms with Crippen LogP contribution < -0.4 is 10.1 Å². The summed E-state index contributed by atoms with van der Waals surface area (Å²) in [6.45, 7) is 2.42. The fourth-order valence-electron chi connectivity index (χ4n) is 1.84. The molecule has 0 aromatic heterocycles. The average Bonchev–Trinajstić information content (AvgIpc) is 2.49. The number of halogens is 2. The Kier molecular flexibility index (Phi) is 5.55. The van der Waals surface area contributed by atoms with Crippen molar-refractivity contribution in [3.05, 3.63) is 64.9 Å². The Labute approximate surface area is 133 Å². The van der Waals surface area contributed by atoms with Crippen LogP contribution in [0.1, 0.15) is 12.5 Å². The number of hydrogen-bond acceptors (Lipinski definition) is 2. The Morgan fingerprint density at radius 1 is 1.32 bits per heavy atom. The predicted octanol–water partition coefficient (Wildman–Crippen LogP) is 4.53. The minimum absolute atomic E-state index is 0.0807. The normalized spacial score (nSPS) is 10.7. The zero-order valence-electron chi connectivity index (χ0n) is 12.0. The van der Waals surface area contributed by atoms with E-state index in [1.54, 1.807) is 6.08 Å². The number of carbonyl (C=O) groups is 1. The molecule has 1 amide bonds. The molecule has 0 unspecified atom stereocenters. The van der Waals surface area contributed by atoms with Crippen LogP contribution in [0.5, 0.6) is 5.75 Å². The second kappa shape index (κ2) is 7.61. The molecule has 0 bridgehead atoms. The van der Waals surface area contributed by atoms with E-state index in [0.717, 1.165) is 11.6 Å². The van der Waals surface area contributed by atoms with Crippen molar-refractivity contribution < 1.29 is 13.9 Å². The molecule has 5 heteroatoms. The topological polar surface area (TPSA) is 38.3 Å². The van der Waals surface area contributed by atoms with Crippen molar-refractivity contribution in [3.8, 4) is 5.75 Å². The van der Waals surface area contributed by atoms with Crippen molar-refractivity contribution in [2.45, 2.75) is 6.92 Å². The summed E-state index contributed by atoms with van der Waals surface area (Å²) >= 11 is 5.66. The van der Waals surface area contributed by atoms with Gasteiger partial charge in [0.15, 0.2) is 0 Å². The van der Waals surface area contributed by atoms with E-state index in [1.165, 1.54) is 18.2 Å². The molecule has 2 rings (SSSR count). The fraction of sp³-hybridized carbons (Fsp3) is 0.118. The van der Waals surface area contributed by atoms with Crippen LogP contribution in [0.2, 0.25) is 5.02 Å². The molecule has 0 heterocycles. The number of benzene rings is 2. The summed E-state index contributed by atoms with van der Waals surface area (Å²) in [6.07, 6.45) is 2.94. The first-order chi connectivity index (χ1) is 10.6. The van der Waals surface area contributed by atoms with Crippen molar-refractivity contribution in [1.82, 2.24) is 0 Å². The number of carbonyl (C=O) groups excluding carboxylic acids is 1. The van der Waals surface area contributed by atoms with Crippen LogP contribution in [-0.2, 0) is 4.79 Å². The summed E-state index contributed by atoms with van der Waals surface area (Å²) in [7, 11) is 0. The number of ether oxygens (including phenoxy) is 1. The van der Waals surface area contributed by atoms with Gasteiger partial charge in [-0.05, 0) is 37.3 Å². The Hall–Kier alpha value is -2.33. The molecule has 114 valence electrons. The highest BCUT2D eigenvalue weighted by molar-refractivity contribution is 6.30. The van der Waals surface area contributed by atoms with E-state index in [-0.39, 0.29) is 10.7 Å². The van der Waals surface area contributed by atoms with Gasteiger partial charge in [-0.15, -0.1) is 0 Å². The molecule has 1 N–H and O–H groups in total. The van der Waals surface area contributed by atoms with Crippen LogP contribution in [0.4, 0.5) is 10.1 Å². The monoisotopic (exact) mass is 319 g/mol. The third kappa shape index (κ3) is 4.33. The minimum Gasteiger partial charge on any atom is -0.493 e. The van der Waals surface area contributed by atoms with E-state index < -0.39 is 11.7 Å². The maximum absolute atomic E-state index is 13.6. The zero-order valence-corrected chi connectivity index (χ0v) is 12.7. The summed E-state index contributed by atoms with van der Waals surface area (Å²) in [6, 6.07) is 11.4. The highest BCUT2D eigenvalue weighted by Crippen LogP contribution is 2.20. The molecule has 0 radical (unpaired) electrons. The van der Waals surface area contributed by atoms with Crippen LogP contribution in [-0.4, -0.2) is 12.5 Å². The highest BCUT2D eigenvalue weighted by Gasteiger charge is 2.05. The van der Waals surface area contributed by atoms with Gasteiger partial charge in [-0.2, -0.15) is 0 Å². The highest BCUT2D eigenvalue weighted by atomic mass is 35.5. The lowest BCUT2D eigenvalue weighted by Gasteiger charge is -2.06. The first-order valence-corrected chi connectivity index (χ1v) is 7.14. The van der Waals surface area contributed by atoms with E-state index in [9.17, 15) is 9.18 Å². The first kappa shape index (κ1) is 16.0. The largest absolute Gasteiger partial charge is 0.493 e. The molecule has 22 heavy (non-hydrogen) atoms. The van der Waals surface area contributed by atoms with Gasteiger partial charge in [0.1, 0.15) is 11.6 Å². The number of nitrogens with one attached hydrogen (secondary N) is 1. The van der Waals surface area contributed by atoms with Crippen molar-refractivity contribution in [2.75, 3.05) is 11.9 Å². The molecule has 2 aromatic rings. The van der Waals surface area contributed by atoms with Gasteiger partial charge >= 0.3 is 0 Å². The lowest BCUT2D eigenvalue weighted by atomic mass is 10.2. The summed E-state index contributed by atoms with van der Waals surface area (Å²) < 4.78 is 19.1. The van der Waals surface area contributed by atoms with Crippen molar-refractivity contribution in [3.63, 3.8) is 0 Å². The van der Waals surface area contributed by atoms with Crippen LogP contribution in [0.3, 0.4) is 0 Å². The van der Waals surface area contributed by atoms with E-state index >= 15 is 0 Å². The van der Waals surface area contributed by atoms with Gasteiger partial charge in [-0.1, -0.05) is 29.8 Å². The number of para-hydroxylation sites is 1. The molecule has 0 saturated heterocycles. The smallest absolute Gasteiger partial charge is 0.248 e. The predicted molar refractivity (Wildman–Crippen MR) is 86.7 cm³/mol. The first-order valence-electron chi connectivity index (χ1n) is 6.76. The molecular formula is C17H15ClFNO2. The van der Waals surface area contributed by atoms with Gasteiger partial charge < -0.3 is 10.1 Å². The molecule has 3 nitrogen and oxygen atoms in total. The van der Waals surface area contributed by atoms with Crippen molar-refractivity contribution in [2.24, 2.45) is 0 Å². The maximum atomic E-state index is 13.6. The van der Waals surface area contributed by atoms with Crippen molar-refractivity contribution >= 4 is 29.3 Å². The Morgan fingerprint density at radius 2 is 2.09 bits per heavy atom. The van der Waals surface area contributed by atoms with Gasteiger partial charge in [0.2, 0.25) is 5.91 Å². The summed E-state index contributed by atoms with van der Waals surface area (Å²) in [4.78, 5) is 11.9. The van der Waals surface area contributed by atoms with E-state index in [1.807, 2.05) is 31.2 Å². The van der Waals surface area contributed by atoms with Crippen LogP contribution in [0.15, 0.2) is 48.5 Å². The van der Waals surface area contributed by atoms with Crippen LogP contribution in [0, 0.1) is 5.82 Å². The number of hydrogen-bond donors (Lipinski definition) is 1. The number of amides is 1. The van der Waals surface area contributed by atoms with Gasteiger partial charge in [0.05, 0.1) is 12.3 Å². The average molecular weight is 320 g/mol. The van der Waals surface area contributed by atoms with Gasteiger partial charge in [-0.25, -0.2) is 4.39 Å². The van der Waals surface area contributed by atoms with Gasteiger partial charge in [0.25, 0.3) is 0 Å². The SMILES string of the molecule is CCOc1ccccc1/C=C/C(=O)Nc1ccc(Cl)cc1F. The Balaban J connectivity index is 2.08. The summed E-state index contributed by atoms with van der Waals surface area (Å²) in [5.41, 5.74) is 0.855. The second-order valence-electron chi connectivity index (χ2n) is 4.42. The van der Waals surface area contributed by atoms with Crippen molar-refractivity contribution in [1.29, 1.82) is 0 Å². The third-order valence-electron chi connectivity index (χ3n) is 2.82. The Morgan fingerprint density at radius 3 is 2.82 bits per heavy atom. The molecule has 2 aromatic carbocycles. The van der Waals surface area contributed by atoms with E-state index in [0.29, 0.717) is 12.4 Å². The quantitative estimate of drug-likeness (QED) is 0.822. The van der Waals surface area contributed by atoms with Crippen LogP contribution in [0.25, 0.3) is 6.08 Å². The van der Waals surface area contributed by atoms with E-state index in [2.05, 4.69) is 5.32 Å². The number of anilines is 1. The molecule has 0 saturated carbocycles. The molecular weight excluding hydrogens is 305 g/mol. The molecule has 0 spiro atoms. The molecule has 0 atom stereocenters. The lowest BCUT2D eigenvalue weighted by Crippen LogP contribution is -2.09. The second-order valence-corrected chi connectivity index (χ2v) is 4.85. The van der Waals surface area contributed by atoms with Crippen LogP contribution >= 0.6 is 11.6 Å². The summed E-state index contributed by atoms with van der Waals surface area (Å²) in [5.74, 6) is -0.330. The standard InChI is InChI=1S/C17H15ClFNO2/c1-2-22-16-6-4-3-5-12(16)7-10-17(21)20-15-9-8-13(18)11-14(15)19/h3-11H,2H2,1H3,(H,20,21)/b10-7+. The lowest BCUT2D eigenvalue weighted by molar-refractivity contribution is -0.111. The fourth-order valence-corrected chi connectivity index (χ4v) is 1.99. The van der Waals surface area contributed by atoms with Gasteiger partial charge in [-0.3, -0.25) is 4.79 Å². The molecule has 0 fully saturated rings. The number of rotatable bonds is 5. The summed E-state index contributed by atoms with van der Waals surface area (Å²) in [5, 5.41) is 2.73. The van der Waals surface area contributed by atoms with E-state index in [4.69, 9.17) is 16.3 Å².